The Morgan fingerprint density at radius 2 is 2.11 bits per heavy atom. The zero-order valence-electron chi connectivity index (χ0n) is 20.7. The fourth-order valence-electron chi connectivity index (χ4n) is 4.89. The van der Waals surface area contributed by atoms with Gasteiger partial charge in [0.15, 0.2) is 11.6 Å². The molecule has 0 bridgehead atoms. The number of aryl methyl sites for hydroxylation is 1. The van der Waals surface area contributed by atoms with Crippen LogP contribution in [-0.4, -0.2) is 43.8 Å². The molecule has 5 aromatic rings. The number of nitrogens with one attached hydrogen (secondary N) is 1. The summed E-state index contributed by atoms with van der Waals surface area (Å²) >= 11 is 1.45. The summed E-state index contributed by atoms with van der Waals surface area (Å²) in [5.74, 6) is 0.124. The van der Waals surface area contributed by atoms with Gasteiger partial charge in [0.2, 0.25) is 5.88 Å². The molecule has 2 N–H and O–H groups in total. The average Bonchev–Trinajstić information content (AvgIpc) is 3.45. The zero-order chi connectivity index (χ0) is 26.6. The topological polar surface area (TPSA) is 119 Å². The van der Waals surface area contributed by atoms with Crippen LogP contribution < -0.4 is 14.8 Å². The number of hydrogen-bond donors (Lipinski definition) is 2. The van der Waals surface area contributed by atoms with Gasteiger partial charge in [-0.25, -0.2) is 24.1 Å². The van der Waals surface area contributed by atoms with Crippen LogP contribution in [0.4, 0.5) is 14.9 Å². The molecule has 0 spiro atoms. The summed E-state index contributed by atoms with van der Waals surface area (Å²) in [6.07, 6.45) is 2.66. The summed E-state index contributed by atoms with van der Waals surface area (Å²) in [4.78, 5) is 29.4. The third-order valence-electron chi connectivity index (χ3n) is 6.46. The molecule has 9 nitrogen and oxygen atoms in total. The summed E-state index contributed by atoms with van der Waals surface area (Å²) < 4.78 is 27.5. The van der Waals surface area contributed by atoms with Crippen molar-refractivity contribution >= 4 is 44.4 Å². The van der Waals surface area contributed by atoms with Gasteiger partial charge in [0.25, 0.3) is 0 Å². The Bertz CT molecular complexity index is 1760. The van der Waals surface area contributed by atoms with E-state index in [1.165, 1.54) is 17.4 Å². The van der Waals surface area contributed by atoms with Crippen LogP contribution in [0.3, 0.4) is 0 Å². The maximum atomic E-state index is 15.3. The van der Waals surface area contributed by atoms with Crippen molar-refractivity contribution in [3.63, 3.8) is 0 Å². The molecule has 1 unspecified atom stereocenters. The molecular formula is C27H22FN5O4S. The molecule has 0 aliphatic carbocycles. The van der Waals surface area contributed by atoms with Gasteiger partial charge in [-0.1, -0.05) is 0 Å². The maximum Gasteiger partial charge on any atom is 0.409 e. The molecule has 1 amide bonds. The van der Waals surface area contributed by atoms with E-state index in [2.05, 4.69) is 20.3 Å². The van der Waals surface area contributed by atoms with Crippen molar-refractivity contribution in [2.75, 3.05) is 12.4 Å². The molecule has 3 aromatic heterocycles. The van der Waals surface area contributed by atoms with Crippen LogP contribution in [0.15, 0.2) is 42.7 Å². The first-order valence-electron chi connectivity index (χ1n) is 11.8. The Labute approximate surface area is 220 Å². The van der Waals surface area contributed by atoms with E-state index in [1.54, 1.807) is 31.6 Å². The molecule has 4 heterocycles. The minimum absolute atomic E-state index is 0.192. The van der Waals surface area contributed by atoms with Crippen molar-refractivity contribution in [3.8, 4) is 22.2 Å². The lowest BCUT2D eigenvalue weighted by molar-refractivity contribution is 0.111. The first-order chi connectivity index (χ1) is 18.2. The van der Waals surface area contributed by atoms with Gasteiger partial charge < -0.3 is 14.6 Å². The van der Waals surface area contributed by atoms with E-state index in [0.29, 0.717) is 45.2 Å². The van der Waals surface area contributed by atoms with Gasteiger partial charge in [-0.2, -0.15) is 0 Å². The summed E-state index contributed by atoms with van der Waals surface area (Å²) in [7, 11) is 1.54. The van der Waals surface area contributed by atoms with Crippen LogP contribution in [0.5, 0.6) is 11.6 Å². The minimum Gasteiger partial charge on any atom is -0.483 e. The van der Waals surface area contributed by atoms with Crippen molar-refractivity contribution in [2.45, 2.75) is 32.3 Å². The van der Waals surface area contributed by atoms with Crippen LogP contribution in [0.1, 0.15) is 23.7 Å². The van der Waals surface area contributed by atoms with E-state index in [1.807, 2.05) is 26.0 Å². The van der Waals surface area contributed by atoms with E-state index in [-0.39, 0.29) is 12.2 Å². The van der Waals surface area contributed by atoms with Gasteiger partial charge in [0.1, 0.15) is 10.6 Å². The van der Waals surface area contributed by atoms with Gasteiger partial charge in [0, 0.05) is 36.2 Å². The maximum absolute atomic E-state index is 15.3. The molecule has 11 heteroatoms. The second-order valence-corrected chi connectivity index (χ2v) is 10.5. The third-order valence-corrected chi connectivity index (χ3v) is 7.63. The lowest BCUT2D eigenvalue weighted by Crippen LogP contribution is -2.34. The number of thiazole rings is 1. The SMILES string of the molecule is COc1cnc2c(-c3nc4cc(F)c5c(c4s3)CC(C)(Cc3ncccc3NC(=O)O)O5)cc(C)cc2n1. The number of ether oxygens (including phenoxy) is 2. The first kappa shape index (κ1) is 24.0. The van der Waals surface area contributed by atoms with Gasteiger partial charge in [-0.05, 0) is 43.7 Å². The standard InChI is InChI=1S/C27H22FN5O4S/c1-13-7-14(22-18(8-13)31-21(36-3)12-30-22)25-32-19-9-16(28)23-15(24(19)38-25)10-27(2,37-23)11-20-17(33-26(34)35)5-4-6-29-20/h4-9,12,33H,10-11H2,1-3H3,(H,34,35). The largest absolute Gasteiger partial charge is 0.483 e. The number of carbonyl (C=O) groups is 1. The van der Waals surface area contributed by atoms with Gasteiger partial charge in [-0.15, -0.1) is 11.3 Å². The Kier molecular flexibility index (Phi) is 5.60. The van der Waals surface area contributed by atoms with Crippen LogP contribution >= 0.6 is 11.3 Å². The smallest absolute Gasteiger partial charge is 0.409 e. The van der Waals surface area contributed by atoms with Crippen LogP contribution in [0.25, 0.3) is 31.8 Å². The van der Waals surface area contributed by atoms with Crippen LogP contribution in [0.2, 0.25) is 0 Å². The van der Waals surface area contributed by atoms with Crippen molar-refractivity contribution < 1.29 is 23.8 Å². The highest BCUT2D eigenvalue weighted by Gasteiger charge is 2.40. The normalized spacial score (nSPS) is 16.4. The number of nitrogens with zero attached hydrogens (tertiary/aromatic N) is 4. The molecule has 0 fully saturated rings. The molecule has 1 atom stereocenters. The van der Waals surface area contributed by atoms with Crippen molar-refractivity contribution in [1.82, 2.24) is 19.9 Å². The van der Waals surface area contributed by atoms with E-state index >= 15 is 4.39 Å². The fourth-order valence-corrected chi connectivity index (χ4v) is 5.99. The Morgan fingerprint density at radius 1 is 1.26 bits per heavy atom. The molecule has 1 aliphatic rings. The molecule has 6 rings (SSSR count). The summed E-state index contributed by atoms with van der Waals surface area (Å²) in [6, 6.07) is 8.62. The number of fused-ring (bicyclic) bond motifs is 4. The Morgan fingerprint density at radius 3 is 2.89 bits per heavy atom. The predicted octanol–water partition coefficient (Wildman–Crippen LogP) is 5.78. The number of amides is 1. The molecule has 38 heavy (non-hydrogen) atoms. The number of methoxy groups -OCH3 is 1. The third kappa shape index (κ3) is 4.14. The predicted molar refractivity (Wildman–Crippen MR) is 142 cm³/mol. The van der Waals surface area contributed by atoms with Gasteiger partial charge >= 0.3 is 6.09 Å². The molecule has 1 aliphatic heterocycles. The highest BCUT2D eigenvalue weighted by Crippen LogP contribution is 2.46. The minimum atomic E-state index is -1.18. The van der Waals surface area contributed by atoms with Crippen LogP contribution in [-0.2, 0) is 12.8 Å². The van der Waals surface area contributed by atoms with Crippen molar-refractivity contribution in [3.05, 3.63) is 65.4 Å². The second-order valence-electron chi connectivity index (χ2n) is 9.46. The number of halogens is 1. The van der Waals surface area contributed by atoms with E-state index in [4.69, 9.17) is 14.5 Å². The van der Waals surface area contributed by atoms with Gasteiger partial charge in [-0.3, -0.25) is 10.3 Å². The quantitative estimate of drug-likeness (QED) is 0.293. The monoisotopic (exact) mass is 531 g/mol. The number of rotatable bonds is 5. The van der Waals surface area contributed by atoms with Gasteiger partial charge in [0.05, 0.1) is 45.9 Å². The summed E-state index contributed by atoms with van der Waals surface area (Å²) in [5.41, 5.74) is 4.50. The number of hydrogen-bond acceptors (Lipinski definition) is 8. The number of carboxylic acid groups (broad SMARTS) is 1. The van der Waals surface area contributed by atoms with Crippen molar-refractivity contribution in [1.29, 1.82) is 0 Å². The van der Waals surface area contributed by atoms with E-state index < -0.39 is 17.5 Å². The summed E-state index contributed by atoms with van der Waals surface area (Å²) in [5, 5.41) is 12.3. The molecular weight excluding hydrogens is 509 g/mol. The fraction of sp³-hybridized carbons (Fsp3) is 0.222. The number of benzene rings is 2. The number of pyridine rings is 1. The lowest BCUT2D eigenvalue weighted by Gasteiger charge is -2.24. The lowest BCUT2D eigenvalue weighted by atomic mass is 9.93. The highest BCUT2D eigenvalue weighted by atomic mass is 32.1. The molecule has 192 valence electrons. The van der Waals surface area contributed by atoms with Crippen molar-refractivity contribution in [2.24, 2.45) is 0 Å². The highest BCUT2D eigenvalue weighted by molar-refractivity contribution is 7.22. The zero-order valence-corrected chi connectivity index (χ0v) is 21.5. The summed E-state index contributed by atoms with van der Waals surface area (Å²) in [6.45, 7) is 3.84. The first-order valence-corrected chi connectivity index (χ1v) is 12.6. The second kappa shape index (κ2) is 8.88. The Balaban J connectivity index is 1.41. The molecule has 2 aromatic carbocycles. The molecule has 0 saturated carbocycles. The molecule has 0 radical (unpaired) electrons. The average molecular weight is 532 g/mol. The van der Waals surface area contributed by atoms with E-state index in [0.717, 1.165) is 21.4 Å². The van der Waals surface area contributed by atoms with Crippen LogP contribution in [0, 0.1) is 12.7 Å². The van der Waals surface area contributed by atoms with E-state index in [9.17, 15) is 9.90 Å². The number of anilines is 1. The number of aromatic nitrogens is 4. The molecule has 0 saturated heterocycles. The Hall–Kier alpha value is -4.38.